The van der Waals surface area contributed by atoms with Gasteiger partial charge in [-0.05, 0) is 44.9 Å². The minimum atomic E-state index is -0.352. The topological polar surface area (TPSA) is 78.9 Å². The summed E-state index contributed by atoms with van der Waals surface area (Å²) in [7, 11) is 1.77. The van der Waals surface area contributed by atoms with Crippen LogP contribution in [0.1, 0.15) is 92.9 Å². The zero-order valence-corrected chi connectivity index (χ0v) is 15.5. The summed E-state index contributed by atoms with van der Waals surface area (Å²) in [6.45, 7) is 0. The fourth-order valence-electron chi connectivity index (χ4n) is 4.76. The Labute approximate surface area is 153 Å². The van der Waals surface area contributed by atoms with E-state index in [4.69, 9.17) is 14.2 Å². The Morgan fingerprint density at radius 2 is 1.96 bits per heavy atom. The van der Waals surface area contributed by atoms with Crippen molar-refractivity contribution in [3.63, 3.8) is 0 Å². The predicted molar refractivity (Wildman–Crippen MR) is 93.7 cm³/mol. The normalized spacial score (nSPS) is 25.7. The number of aryl methyl sites for hydroxylation is 1. The van der Waals surface area contributed by atoms with Crippen LogP contribution in [0, 0.1) is 0 Å². The molecule has 1 unspecified atom stereocenters. The maximum absolute atomic E-state index is 5.87. The maximum atomic E-state index is 5.87. The molecule has 0 amide bonds. The molecule has 2 aromatic heterocycles. The molecule has 2 fully saturated rings. The third-order valence-electron chi connectivity index (χ3n) is 6.71. The molecule has 26 heavy (non-hydrogen) atoms. The van der Waals surface area contributed by atoms with E-state index in [1.54, 1.807) is 7.11 Å². The van der Waals surface area contributed by atoms with Gasteiger partial charge >= 0.3 is 0 Å². The molecule has 5 rings (SSSR count). The molecule has 0 saturated heterocycles. The maximum Gasteiger partial charge on any atom is 0.230 e. The molecule has 0 N–H and O–H groups in total. The molecule has 0 aromatic carbocycles. The second-order valence-corrected chi connectivity index (χ2v) is 8.17. The lowest BCUT2D eigenvalue weighted by atomic mass is 9.84. The highest BCUT2D eigenvalue weighted by Crippen LogP contribution is 2.40. The van der Waals surface area contributed by atoms with Crippen LogP contribution in [0.5, 0.6) is 0 Å². The van der Waals surface area contributed by atoms with Crippen LogP contribution in [0.4, 0.5) is 0 Å². The highest BCUT2D eigenvalue weighted by atomic mass is 16.5. The summed E-state index contributed by atoms with van der Waals surface area (Å²) in [4.78, 5) is 4.81. The summed E-state index contributed by atoms with van der Waals surface area (Å²) in [6.07, 6.45) is 12.1. The second kappa shape index (κ2) is 6.44. The van der Waals surface area contributed by atoms with Crippen molar-refractivity contribution in [1.82, 2.24) is 25.1 Å². The van der Waals surface area contributed by atoms with Crippen molar-refractivity contribution in [3.8, 4) is 0 Å². The number of methoxy groups -OCH3 is 1. The van der Waals surface area contributed by atoms with Gasteiger partial charge in [-0.1, -0.05) is 29.6 Å². The van der Waals surface area contributed by atoms with E-state index >= 15 is 0 Å². The highest BCUT2D eigenvalue weighted by molar-refractivity contribution is 5.20. The van der Waals surface area contributed by atoms with Gasteiger partial charge in [-0.3, -0.25) is 0 Å². The molecule has 3 aliphatic rings. The smallest absolute Gasteiger partial charge is 0.230 e. The van der Waals surface area contributed by atoms with Crippen LogP contribution in [0.3, 0.4) is 0 Å². The number of ether oxygens (including phenoxy) is 1. The second-order valence-electron chi connectivity index (χ2n) is 8.17. The van der Waals surface area contributed by atoms with Gasteiger partial charge in [0.25, 0.3) is 0 Å². The van der Waals surface area contributed by atoms with Crippen molar-refractivity contribution in [2.45, 2.75) is 88.2 Å². The van der Waals surface area contributed by atoms with Crippen LogP contribution in [0.2, 0.25) is 0 Å². The predicted octanol–water partition coefficient (Wildman–Crippen LogP) is 3.46. The molecule has 0 bridgehead atoms. The van der Waals surface area contributed by atoms with Crippen LogP contribution in [0.15, 0.2) is 4.52 Å². The van der Waals surface area contributed by atoms with Crippen LogP contribution in [-0.4, -0.2) is 32.2 Å². The summed E-state index contributed by atoms with van der Waals surface area (Å²) in [5.41, 5.74) is 2.09. The van der Waals surface area contributed by atoms with Gasteiger partial charge in [-0.15, -0.1) is 5.10 Å². The van der Waals surface area contributed by atoms with Gasteiger partial charge in [-0.2, -0.15) is 4.98 Å². The van der Waals surface area contributed by atoms with E-state index < -0.39 is 0 Å². The highest BCUT2D eigenvalue weighted by Gasteiger charge is 2.40. The first-order chi connectivity index (χ1) is 12.8. The van der Waals surface area contributed by atoms with Crippen molar-refractivity contribution in [3.05, 3.63) is 23.1 Å². The van der Waals surface area contributed by atoms with E-state index in [9.17, 15) is 0 Å². The van der Waals surface area contributed by atoms with E-state index in [0.717, 1.165) is 62.4 Å². The fourth-order valence-corrected chi connectivity index (χ4v) is 4.76. The Kier molecular flexibility index (Phi) is 4.07. The van der Waals surface area contributed by atoms with Gasteiger partial charge in [0.05, 0.1) is 17.4 Å². The molecule has 140 valence electrons. The van der Waals surface area contributed by atoms with Crippen LogP contribution in [0.25, 0.3) is 0 Å². The fraction of sp³-hybridized carbons (Fsp3) is 0.789. The van der Waals surface area contributed by atoms with Crippen molar-refractivity contribution in [2.24, 2.45) is 0 Å². The van der Waals surface area contributed by atoms with Gasteiger partial charge in [-0.25, -0.2) is 4.68 Å². The Morgan fingerprint density at radius 1 is 1.12 bits per heavy atom. The standard InChI is InChI=1S/C19H27N5O2/c1-25-19(10-3-2-4-11-19)18-20-17(26-22-18)13-8-9-15-16(12-13)24(23-21-15)14-6-5-7-14/h13-14H,2-12H2,1H3. The Balaban J connectivity index is 1.38. The molecule has 1 atom stereocenters. The zero-order valence-electron chi connectivity index (χ0n) is 15.5. The summed E-state index contributed by atoms with van der Waals surface area (Å²) in [5, 5.41) is 13.2. The van der Waals surface area contributed by atoms with Gasteiger partial charge < -0.3 is 9.26 Å². The molecule has 0 radical (unpaired) electrons. The monoisotopic (exact) mass is 357 g/mol. The van der Waals surface area contributed by atoms with Crippen molar-refractivity contribution in [2.75, 3.05) is 7.11 Å². The summed E-state index contributed by atoms with van der Waals surface area (Å²) in [6, 6.07) is 0.544. The van der Waals surface area contributed by atoms with Gasteiger partial charge in [0.2, 0.25) is 11.7 Å². The number of aromatic nitrogens is 5. The van der Waals surface area contributed by atoms with Gasteiger partial charge in [0.1, 0.15) is 5.60 Å². The average Bonchev–Trinajstić information content (AvgIpc) is 3.29. The minimum absolute atomic E-state index is 0.263. The van der Waals surface area contributed by atoms with E-state index in [1.807, 2.05) is 0 Å². The number of hydrogen-bond acceptors (Lipinski definition) is 6. The summed E-state index contributed by atoms with van der Waals surface area (Å²) >= 11 is 0. The lowest BCUT2D eigenvalue weighted by Crippen LogP contribution is -2.32. The van der Waals surface area contributed by atoms with Crippen LogP contribution < -0.4 is 0 Å². The Morgan fingerprint density at radius 3 is 2.69 bits per heavy atom. The SMILES string of the molecule is COC1(c2noc(C3CCc4nnn(C5CCC5)c4C3)n2)CCCCC1. The largest absolute Gasteiger partial charge is 0.370 e. The third-order valence-corrected chi connectivity index (χ3v) is 6.71. The molecule has 2 heterocycles. The molecular formula is C19H27N5O2. The van der Waals surface area contributed by atoms with E-state index in [2.05, 4.69) is 20.2 Å². The van der Waals surface area contributed by atoms with Gasteiger partial charge in [0.15, 0.2) is 0 Å². The first kappa shape index (κ1) is 16.4. The van der Waals surface area contributed by atoms with E-state index in [-0.39, 0.29) is 11.5 Å². The molecule has 3 aliphatic carbocycles. The third kappa shape index (κ3) is 2.59. The lowest BCUT2D eigenvalue weighted by molar-refractivity contribution is -0.0527. The molecule has 0 spiro atoms. The van der Waals surface area contributed by atoms with Crippen molar-refractivity contribution >= 4 is 0 Å². The van der Waals surface area contributed by atoms with Gasteiger partial charge in [0, 0.05) is 19.4 Å². The minimum Gasteiger partial charge on any atom is -0.370 e. The van der Waals surface area contributed by atoms with Crippen molar-refractivity contribution in [1.29, 1.82) is 0 Å². The quantitative estimate of drug-likeness (QED) is 0.834. The number of hydrogen-bond donors (Lipinski definition) is 0. The molecule has 2 aromatic rings. The molecule has 0 aliphatic heterocycles. The first-order valence-corrected chi connectivity index (χ1v) is 10.1. The first-order valence-electron chi connectivity index (χ1n) is 10.1. The zero-order chi connectivity index (χ0) is 17.6. The average molecular weight is 357 g/mol. The molecular weight excluding hydrogens is 330 g/mol. The van der Waals surface area contributed by atoms with Crippen LogP contribution >= 0.6 is 0 Å². The molecule has 2 saturated carbocycles. The summed E-state index contributed by atoms with van der Waals surface area (Å²) in [5.74, 6) is 1.76. The lowest BCUT2D eigenvalue weighted by Gasteiger charge is -2.32. The van der Waals surface area contributed by atoms with E-state index in [0.29, 0.717) is 6.04 Å². The Hall–Kier alpha value is -1.76. The Bertz CT molecular complexity index is 773. The summed E-state index contributed by atoms with van der Waals surface area (Å²) < 4.78 is 13.8. The van der Waals surface area contributed by atoms with E-state index in [1.165, 1.54) is 31.4 Å². The number of rotatable bonds is 4. The number of fused-ring (bicyclic) bond motifs is 1. The number of nitrogens with zero attached hydrogens (tertiary/aromatic N) is 5. The molecule has 7 heteroatoms. The molecule has 7 nitrogen and oxygen atoms in total. The van der Waals surface area contributed by atoms with Crippen LogP contribution in [-0.2, 0) is 23.2 Å². The van der Waals surface area contributed by atoms with Crippen molar-refractivity contribution < 1.29 is 9.26 Å².